The lowest BCUT2D eigenvalue weighted by Gasteiger charge is -2.05. The Balaban J connectivity index is 1.42. The number of nitrogens with zero attached hydrogens (tertiary/aromatic N) is 5. The summed E-state index contributed by atoms with van der Waals surface area (Å²) in [4.78, 5) is 20.7. The Morgan fingerprint density at radius 2 is 1.94 bits per heavy atom. The van der Waals surface area contributed by atoms with Gasteiger partial charge in [0, 0.05) is 18.4 Å². The number of rotatable bonds is 8. The van der Waals surface area contributed by atoms with Crippen molar-refractivity contribution in [3.8, 4) is 5.69 Å². The van der Waals surface area contributed by atoms with E-state index in [1.54, 1.807) is 41.4 Å². The quantitative estimate of drug-likeness (QED) is 0.294. The van der Waals surface area contributed by atoms with Gasteiger partial charge in [-0.05, 0) is 42.3 Å². The zero-order valence-corrected chi connectivity index (χ0v) is 19.5. The first-order chi connectivity index (χ1) is 16.3. The Morgan fingerprint density at radius 1 is 1.15 bits per heavy atom. The maximum absolute atomic E-state index is 12.1. The SMILES string of the molecule is Cc1cccc(-n2ncc3c(N/N=C/c4ccc(C(=O)NCCS(C)(=O)=O)cc4)ncnc32)c1. The van der Waals surface area contributed by atoms with Gasteiger partial charge in [0.25, 0.3) is 5.91 Å². The summed E-state index contributed by atoms with van der Waals surface area (Å²) in [6.45, 7) is 2.09. The molecule has 2 aromatic carbocycles. The molecule has 0 fully saturated rings. The molecule has 4 rings (SSSR count). The van der Waals surface area contributed by atoms with Crippen molar-refractivity contribution in [1.82, 2.24) is 25.1 Å². The Kier molecular flexibility index (Phi) is 6.64. The second-order valence-corrected chi connectivity index (χ2v) is 9.99. The van der Waals surface area contributed by atoms with Gasteiger partial charge in [-0.25, -0.2) is 23.1 Å². The Morgan fingerprint density at radius 3 is 2.68 bits per heavy atom. The van der Waals surface area contributed by atoms with Gasteiger partial charge in [0.15, 0.2) is 11.5 Å². The first-order valence-corrected chi connectivity index (χ1v) is 12.5. The molecule has 11 heteroatoms. The molecule has 0 unspecified atom stereocenters. The number of carbonyl (C=O) groups excluding carboxylic acids is 1. The maximum Gasteiger partial charge on any atom is 0.251 e. The highest BCUT2D eigenvalue weighted by Crippen LogP contribution is 2.22. The third kappa shape index (κ3) is 5.62. The number of fused-ring (bicyclic) bond motifs is 1. The normalized spacial score (nSPS) is 11.7. The van der Waals surface area contributed by atoms with Gasteiger partial charge in [0.05, 0.1) is 29.2 Å². The molecule has 2 N–H and O–H groups in total. The fraction of sp³-hybridized carbons (Fsp3) is 0.174. The summed E-state index contributed by atoms with van der Waals surface area (Å²) in [6.07, 6.45) is 5.87. The summed E-state index contributed by atoms with van der Waals surface area (Å²) in [7, 11) is -3.12. The molecule has 0 aliphatic carbocycles. The van der Waals surface area contributed by atoms with Gasteiger partial charge >= 0.3 is 0 Å². The van der Waals surface area contributed by atoms with E-state index in [1.807, 2.05) is 31.2 Å². The molecule has 1 amide bonds. The Hall–Kier alpha value is -4.12. The van der Waals surface area contributed by atoms with Crippen LogP contribution < -0.4 is 10.7 Å². The summed E-state index contributed by atoms with van der Waals surface area (Å²) >= 11 is 0. The Labute approximate surface area is 196 Å². The first-order valence-electron chi connectivity index (χ1n) is 10.4. The molecule has 0 bridgehead atoms. The van der Waals surface area contributed by atoms with Gasteiger partial charge in [-0.3, -0.25) is 10.2 Å². The lowest BCUT2D eigenvalue weighted by Crippen LogP contribution is -2.28. The van der Waals surface area contributed by atoms with Crippen molar-refractivity contribution in [1.29, 1.82) is 0 Å². The van der Waals surface area contributed by atoms with E-state index in [-0.39, 0.29) is 18.2 Å². The predicted molar refractivity (Wildman–Crippen MR) is 131 cm³/mol. The fourth-order valence-electron chi connectivity index (χ4n) is 3.22. The second kappa shape index (κ2) is 9.79. The van der Waals surface area contributed by atoms with Crippen LogP contribution in [0, 0.1) is 6.92 Å². The molecule has 0 aliphatic rings. The molecule has 174 valence electrons. The molecule has 0 saturated heterocycles. The van der Waals surface area contributed by atoms with Crippen molar-refractivity contribution in [2.24, 2.45) is 5.10 Å². The van der Waals surface area contributed by atoms with Crippen molar-refractivity contribution in [3.05, 3.63) is 77.7 Å². The van der Waals surface area contributed by atoms with Crippen LogP contribution in [-0.4, -0.2) is 58.8 Å². The molecule has 0 radical (unpaired) electrons. The molecular formula is C23H23N7O3S. The van der Waals surface area contributed by atoms with E-state index >= 15 is 0 Å². The van der Waals surface area contributed by atoms with E-state index in [9.17, 15) is 13.2 Å². The van der Waals surface area contributed by atoms with Crippen LogP contribution in [0.5, 0.6) is 0 Å². The molecule has 10 nitrogen and oxygen atoms in total. The molecule has 2 heterocycles. The summed E-state index contributed by atoms with van der Waals surface area (Å²) < 4.78 is 24.1. The number of aryl methyl sites for hydroxylation is 1. The first kappa shape index (κ1) is 23.1. The number of carbonyl (C=O) groups is 1. The summed E-state index contributed by atoms with van der Waals surface area (Å²) in [5.74, 6) is 0.0799. The number of aromatic nitrogens is 4. The van der Waals surface area contributed by atoms with Crippen LogP contribution in [0.1, 0.15) is 21.5 Å². The van der Waals surface area contributed by atoms with Crippen LogP contribution in [0.2, 0.25) is 0 Å². The van der Waals surface area contributed by atoms with E-state index in [0.717, 1.165) is 28.5 Å². The number of anilines is 1. The molecule has 0 aliphatic heterocycles. The standard InChI is InChI=1S/C23H23N7O3S/c1-16-4-3-5-19(12-16)30-22-20(14-28-30)21(25-15-26-22)29-27-13-17-6-8-18(9-7-17)23(31)24-10-11-34(2,32)33/h3-9,12-15H,10-11H2,1-2H3,(H,24,31)(H,25,26,29)/b27-13+. The van der Waals surface area contributed by atoms with Gasteiger partial charge in [0.2, 0.25) is 0 Å². The fourth-order valence-corrected chi connectivity index (χ4v) is 3.70. The van der Waals surface area contributed by atoms with E-state index in [4.69, 9.17) is 0 Å². The smallest absolute Gasteiger partial charge is 0.251 e. The number of sulfone groups is 1. The minimum absolute atomic E-state index is 0.0681. The second-order valence-electron chi connectivity index (χ2n) is 7.73. The number of hydrazone groups is 1. The van der Waals surface area contributed by atoms with Crippen molar-refractivity contribution < 1.29 is 13.2 Å². The van der Waals surface area contributed by atoms with Crippen LogP contribution >= 0.6 is 0 Å². The molecular weight excluding hydrogens is 454 g/mol. The molecule has 0 spiro atoms. The number of hydrogen-bond acceptors (Lipinski definition) is 8. The minimum atomic E-state index is -3.12. The van der Waals surface area contributed by atoms with Crippen LogP contribution in [-0.2, 0) is 9.84 Å². The van der Waals surface area contributed by atoms with Gasteiger partial charge < -0.3 is 5.32 Å². The van der Waals surface area contributed by atoms with Crippen molar-refractivity contribution in [2.45, 2.75) is 6.92 Å². The van der Waals surface area contributed by atoms with Crippen molar-refractivity contribution in [3.63, 3.8) is 0 Å². The van der Waals surface area contributed by atoms with Crippen LogP contribution in [0.25, 0.3) is 16.7 Å². The number of nitrogens with one attached hydrogen (secondary N) is 2. The van der Waals surface area contributed by atoms with Gasteiger partial charge in [-0.2, -0.15) is 10.2 Å². The molecule has 0 atom stereocenters. The van der Waals surface area contributed by atoms with Crippen molar-refractivity contribution >= 4 is 38.8 Å². The molecule has 2 aromatic heterocycles. The highest BCUT2D eigenvalue weighted by Gasteiger charge is 2.11. The zero-order valence-electron chi connectivity index (χ0n) is 18.6. The molecule has 4 aromatic rings. The topological polar surface area (TPSA) is 131 Å². The van der Waals surface area contributed by atoms with Crippen molar-refractivity contribution in [2.75, 3.05) is 24.0 Å². The van der Waals surface area contributed by atoms with Crippen LogP contribution in [0.4, 0.5) is 5.82 Å². The van der Waals surface area contributed by atoms with Crippen LogP contribution in [0.3, 0.4) is 0 Å². The maximum atomic E-state index is 12.1. The van der Waals surface area contributed by atoms with E-state index in [2.05, 4.69) is 30.9 Å². The number of hydrogen-bond donors (Lipinski definition) is 2. The number of benzene rings is 2. The highest BCUT2D eigenvalue weighted by molar-refractivity contribution is 7.90. The van der Waals surface area contributed by atoms with Crippen LogP contribution in [0.15, 0.2) is 66.2 Å². The number of amides is 1. The average Bonchev–Trinajstić information content (AvgIpc) is 3.24. The Bertz CT molecular complexity index is 1460. The summed E-state index contributed by atoms with van der Waals surface area (Å²) in [6, 6.07) is 14.7. The molecule has 34 heavy (non-hydrogen) atoms. The minimum Gasteiger partial charge on any atom is -0.351 e. The third-order valence-corrected chi connectivity index (χ3v) is 5.87. The predicted octanol–water partition coefficient (Wildman–Crippen LogP) is 2.34. The monoisotopic (exact) mass is 477 g/mol. The van der Waals surface area contributed by atoms with E-state index < -0.39 is 9.84 Å². The van der Waals surface area contributed by atoms with E-state index in [0.29, 0.717) is 17.0 Å². The van der Waals surface area contributed by atoms with Gasteiger partial charge in [0.1, 0.15) is 16.2 Å². The lowest BCUT2D eigenvalue weighted by molar-refractivity contribution is 0.0956. The highest BCUT2D eigenvalue weighted by atomic mass is 32.2. The largest absolute Gasteiger partial charge is 0.351 e. The zero-order chi connectivity index (χ0) is 24.1. The lowest BCUT2D eigenvalue weighted by atomic mass is 10.1. The summed E-state index contributed by atoms with van der Waals surface area (Å²) in [5, 5.41) is 12.0. The molecule has 0 saturated carbocycles. The van der Waals surface area contributed by atoms with E-state index in [1.165, 1.54) is 6.33 Å². The third-order valence-electron chi connectivity index (χ3n) is 4.93. The van der Waals surface area contributed by atoms with Gasteiger partial charge in [-0.15, -0.1) is 0 Å². The van der Waals surface area contributed by atoms with Gasteiger partial charge in [-0.1, -0.05) is 24.3 Å². The average molecular weight is 478 g/mol. The summed E-state index contributed by atoms with van der Waals surface area (Å²) in [5.41, 5.74) is 6.80.